The zero-order chi connectivity index (χ0) is 26.2. The fourth-order valence-corrected chi connectivity index (χ4v) is 5.89. The summed E-state index contributed by atoms with van der Waals surface area (Å²) in [6, 6.07) is 23.0. The number of aromatic nitrogens is 1. The van der Waals surface area contributed by atoms with Crippen molar-refractivity contribution >= 4 is 32.9 Å². The van der Waals surface area contributed by atoms with Crippen LogP contribution in [0.5, 0.6) is 0 Å². The molecular formula is C28H28N4O4S. The average molecular weight is 517 g/mol. The van der Waals surface area contributed by atoms with E-state index in [9.17, 15) is 18.0 Å². The third-order valence-corrected chi connectivity index (χ3v) is 8.30. The first-order chi connectivity index (χ1) is 17.8. The fourth-order valence-electron chi connectivity index (χ4n) is 4.52. The van der Waals surface area contributed by atoms with Crippen LogP contribution in [0.4, 0.5) is 4.79 Å². The molecule has 5 rings (SSSR count). The summed E-state index contributed by atoms with van der Waals surface area (Å²) in [4.78, 5) is 27.8. The molecule has 2 heterocycles. The lowest BCUT2D eigenvalue weighted by atomic mass is 9.99. The van der Waals surface area contributed by atoms with Crippen LogP contribution in [0, 0.1) is 5.92 Å². The van der Waals surface area contributed by atoms with Crippen molar-refractivity contribution in [2.75, 3.05) is 33.7 Å². The topological polar surface area (TPSA) is 91.7 Å². The predicted molar refractivity (Wildman–Crippen MR) is 143 cm³/mol. The second kappa shape index (κ2) is 9.74. The highest BCUT2D eigenvalue weighted by atomic mass is 32.2. The molecule has 1 N–H and O–H groups in total. The number of fused-ring (bicyclic) bond motifs is 1. The van der Waals surface area contributed by atoms with Crippen LogP contribution in [0.3, 0.4) is 0 Å². The minimum absolute atomic E-state index is 0.109. The third kappa shape index (κ3) is 4.70. The molecule has 0 saturated carbocycles. The summed E-state index contributed by atoms with van der Waals surface area (Å²) in [6.45, 7) is 1.60. The molecule has 37 heavy (non-hydrogen) atoms. The van der Waals surface area contributed by atoms with Crippen molar-refractivity contribution in [3.8, 4) is 11.1 Å². The molecule has 1 saturated heterocycles. The highest BCUT2D eigenvalue weighted by molar-refractivity contribution is 7.90. The maximum atomic E-state index is 13.6. The van der Waals surface area contributed by atoms with E-state index < -0.39 is 10.0 Å². The summed E-state index contributed by atoms with van der Waals surface area (Å²) >= 11 is 0. The van der Waals surface area contributed by atoms with Gasteiger partial charge in [-0.1, -0.05) is 48.5 Å². The number of hydrogen-bond acceptors (Lipinski definition) is 4. The Hall–Kier alpha value is -4.11. The smallest absolute Gasteiger partial charge is 0.316 e. The van der Waals surface area contributed by atoms with Gasteiger partial charge in [-0.25, -0.2) is 17.2 Å². The molecule has 1 aliphatic rings. The van der Waals surface area contributed by atoms with Crippen LogP contribution >= 0.6 is 0 Å². The zero-order valence-corrected chi connectivity index (χ0v) is 21.5. The van der Waals surface area contributed by atoms with Crippen molar-refractivity contribution in [1.29, 1.82) is 0 Å². The van der Waals surface area contributed by atoms with Crippen LogP contribution in [-0.2, 0) is 10.0 Å². The summed E-state index contributed by atoms with van der Waals surface area (Å²) in [7, 11) is -0.536. The SMILES string of the molecule is CN(C)C(=O)NCC1CN(C(=O)c2ccc(S(=O)(=O)n3cc(-c4ccccc4)c4ccccc43)cc2)C1. The van der Waals surface area contributed by atoms with Gasteiger partial charge < -0.3 is 15.1 Å². The zero-order valence-electron chi connectivity index (χ0n) is 20.7. The van der Waals surface area contributed by atoms with Crippen molar-refractivity contribution in [2.45, 2.75) is 4.90 Å². The number of benzene rings is 3. The number of carbonyl (C=O) groups excluding carboxylic acids is 2. The molecule has 190 valence electrons. The summed E-state index contributed by atoms with van der Waals surface area (Å²) in [5, 5.41) is 3.67. The van der Waals surface area contributed by atoms with Crippen LogP contribution in [-0.4, -0.2) is 67.9 Å². The molecular weight excluding hydrogens is 488 g/mol. The molecule has 0 radical (unpaired) electrons. The van der Waals surface area contributed by atoms with E-state index in [0.29, 0.717) is 30.7 Å². The molecule has 9 heteroatoms. The molecule has 8 nitrogen and oxygen atoms in total. The number of rotatable bonds is 6. The molecule has 0 bridgehead atoms. The van der Waals surface area contributed by atoms with Gasteiger partial charge in [-0.3, -0.25) is 4.79 Å². The van der Waals surface area contributed by atoms with E-state index in [1.165, 1.54) is 21.0 Å². The molecule has 1 fully saturated rings. The Morgan fingerprint density at radius 1 is 0.919 bits per heavy atom. The molecule has 3 amide bonds. The van der Waals surface area contributed by atoms with E-state index in [2.05, 4.69) is 5.32 Å². The van der Waals surface area contributed by atoms with E-state index in [-0.39, 0.29) is 22.8 Å². The molecule has 0 spiro atoms. The molecule has 0 unspecified atom stereocenters. The van der Waals surface area contributed by atoms with Gasteiger partial charge in [0.1, 0.15) is 0 Å². The van der Waals surface area contributed by atoms with Gasteiger partial charge in [-0.05, 0) is 35.9 Å². The molecule has 3 aromatic carbocycles. The Morgan fingerprint density at radius 3 is 2.24 bits per heavy atom. The number of urea groups is 1. The molecule has 1 aromatic heterocycles. The van der Waals surface area contributed by atoms with Gasteiger partial charge in [0.25, 0.3) is 15.9 Å². The Balaban J connectivity index is 1.34. The van der Waals surface area contributed by atoms with E-state index in [4.69, 9.17) is 0 Å². The molecule has 0 atom stereocenters. The van der Waals surface area contributed by atoms with Gasteiger partial charge in [-0.2, -0.15) is 0 Å². The largest absolute Gasteiger partial charge is 0.338 e. The molecule has 0 aliphatic carbocycles. The maximum Gasteiger partial charge on any atom is 0.316 e. The van der Waals surface area contributed by atoms with Gasteiger partial charge in [0.05, 0.1) is 10.4 Å². The van der Waals surface area contributed by atoms with Crippen LogP contribution in [0.1, 0.15) is 10.4 Å². The second-order valence-electron chi connectivity index (χ2n) is 9.41. The first-order valence-electron chi connectivity index (χ1n) is 12.0. The van der Waals surface area contributed by atoms with Crippen molar-refractivity contribution in [3.63, 3.8) is 0 Å². The highest BCUT2D eigenvalue weighted by Crippen LogP contribution is 2.33. The first-order valence-corrected chi connectivity index (χ1v) is 13.5. The van der Waals surface area contributed by atoms with Crippen molar-refractivity contribution in [3.05, 3.63) is 90.6 Å². The summed E-state index contributed by atoms with van der Waals surface area (Å²) in [5.74, 6) is 0.0465. The number of hydrogen-bond donors (Lipinski definition) is 1. The van der Waals surface area contributed by atoms with Crippen LogP contribution < -0.4 is 5.32 Å². The lowest BCUT2D eigenvalue weighted by molar-refractivity contribution is 0.0504. The first kappa shape index (κ1) is 24.6. The number of amides is 3. The Kier molecular flexibility index (Phi) is 6.47. The average Bonchev–Trinajstić information content (AvgIpc) is 3.28. The third-order valence-electron chi connectivity index (χ3n) is 6.61. The van der Waals surface area contributed by atoms with Crippen molar-refractivity contribution < 1.29 is 18.0 Å². The highest BCUT2D eigenvalue weighted by Gasteiger charge is 2.31. The fraction of sp³-hybridized carbons (Fsp3) is 0.214. The molecule has 4 aromatic rings. The predicted octanol–water partition coefficient (Wildman–Crippen LogP) is 3.89. The van der Waals surface area contributed by atoms with Crippen LogP contribution in [0.25, 0.3) is 22.0 Å². The van der Waals surface area contributed by atoms with E-state index >= 15 is 0 Å². The maximum absolute atomic E-state index is 13.6. The summed E-state index contributed by atoms with van der Waals surface area (Å²) < 4.78 is 28.6. The Bertz CT molecular complexity index is 1560. The van der Waals surface area contributed by atoms with Gasteiger partial charge in [0, 0.05) is 62.4 Å². The Labute approximate surface area is 216 Å². The number of para-hydroxylation sites is 1. The van der Waals surface area contributed by atoms with Crippen LogP contribution in [0.15, 0.2) is 90.0 Å². The van der Waals surface area contributed by atoms with Gasteiger partial charge >= 0.3 is 6.03 Å². The van der Waals surface area contributed by atoms with Gasteiger partial charge in [0.2, 0.25) is 0 Å². The summed E-state index contributed by atoms with van der Waals surface area (Å²) in [5.41, 5.74) is 2.79. The van der Waals surface area contributed by atoms with E-state index in [1.807, 2.05) is 48.5 Å². The lowest BCUT2D eigenvalue weighted by Crippen LogP contribution is -2.54. The standard InChI is InChI=1S/C28H28N4O4S/c1-30(2)28(34)29-16-20-17-31(18-20)27(33)22-12-14-23(15-13-22)37(35,36)32-19-25(21-8-4-3-5-9-21)24-10-6-7-11-26(24)32/h3-15,19-20H,16-18H2,1-2H3,(H,29,34). The quantitative estimate of drug-likeness (QED) is 0.421. The van der Waals surface area contributed by atoms with Gasteiger partial charge in [-0.15, -0.1) is 0 Å². The minimum Gasteiger partial charge on any atom is -0.338 e. The van der Waals surface area contributed by atoms with Crippen molar-refractivity contribution in [1.82, 2.24) is 19.1 Å². The monoisotopic (exact) mass is 516 g/mol. The van der Waals surface area contributed by atoms with Crippen LogP contribution in [0.2, 0.25) is 0 Å². The normalized spacial score (nSPS) is 13.8. The van der Waals surface area contributed by atoms with E-state index in [0.717, 1.165) is 16.5 Å². The van der Waals surface area contributed by atoms with E-state index in [1.54, 1.807) is 43.4 Å². The Morgan fingerprint density at radius 2 is 1.57 bits per heavy atom. The number of nitrogens with zero attached hydrogens (tertiary/aromatic N) is 3. The number of likely N-dealkylation sites (tertiary alicyclic amines) is 1. The second-order valence-corrected chi connectivity index (χ2v) is 11.2. The lowest BCUT2D eigenvalue weighted by Gasteiger charge is -2.39. The minimum atomic E-state index is -3.89. The number of nitrogens with one attached hydrogen (secondary N) is 1. The van der Waals surface area contributed by atoms with Gasteiger partial charge in [0.15, 0.2) is 0 Å². The molecule has 1 aliphatic heterocycles. The number of carbonyl (C=O) groups is 2. The summed E-state index contributed by atoms with van der Waals surface area (Å²) in [6.07, 6.45) is 1.66. The van der Waals surface area contributed by atoms with Crippen molar-refractivity contribution in [2.24, 2.45) is 5.92 Å².